The summed E-state index contributed by atoms with van der Waals surface area (Å²) in [6.07, 6.45) is 0.740. The normalized spacial score (nSPS) is 12.6. The highest BCUT2D eigenvalue weighted by Crippen LogP contribution is 2.41. The average Bonchev–Trinajstić information content (AvgIpc) is 3.74. The van der Waals surface area contributed by atoms with Gasteiger partial charge in [0.25, 0.3) is 0 Å². The smallest absolute Gasteiger partial charge is 0.144 e. The molecule has 5 nitrogen and oxygen atoms in total. The van der Waals surface area contributed by atoms with E-state index < -0.39 is 0 Å². The van der Waals surface area contributed by atoms with Gasteiger partial charge in [-0.1, -0.05) is 107 Å². The maximum Gasteiger partial charge on any atom is 0.144 e. The summed E-state index contributed by atoms with van der Waals surface area (Å²) < 4.78 is 9.06. The molecule has 0 radical (unpaired) electrons. The molecular formula is C48H38N4OS. The molecule has 0 N–H and O–H groups in total. The van der Waals surface area contributed by atoms with E-state index in [2.05, 4.69) is 138 Å². The minimum atomic E-state index is -0.368. The van der Waals surface area contributed by atoms with E-state index in [1.54, 1.807) is 0 Å². The molecule has 4 heterocycles. The Bertz CT molecular complexity index is 3110. The highest BCUT2D eigenvalue weighted by Gasteiger charge is 2.30. The van der Waals surface area contributed by atoms with Gasteiger partial charge in [-0.3, -0.25) is 0 Å². The lowest BCUT2D eigenvalue weighted by Gasteiger charge is -2.27. The number of thiophene rings is 1. The predicted molar refractivity (Wildman–Crippen MR) is 226 cm³/mol. The van der Waals surface area contributed by atoms with Crippen LogP contribution >= 0.6 is 11.3 Å². The van der Waals surface area contributed by atoms with E-state index in [0.29, 0.717) is 0 Å². The molecule has 6 aromatic carbocycles. The Morgan fingerprint density at radius 1 is 0.519 bits per heavy atom. The quantitative estimate of drug-likeness (QED) is 0.177. The summed E-state index contributed by atoms with van der Waals surface area (Å²) >= 11 is 1.83. The van der Waals surface area contributed by atoms with Crippen LogP contribution in [0.25, 0.3) is 86.7 Å². The zero-order valence-corrected chi connectivity index (χ0v) is 31.8. The van der Waals surface area contributed by atoms with Gasteiger partial charge in [-0.15, -0.1) is 11.3 Å². The highest BCUT2D eigenvalue weighted by atomic mass is 32.1. The summed E-state index contributed by atoms with van der Waals surface area (Å²) in [5, 5.41) is 4.71. The Hall–Kier alpha value is -5.98. The highest BCUT2D eigenvalue weighted by molar-refractivity contribution is 7.25. The molecule has 262 valence electrons. The van der Waals surface area contributed by atoms with E-state index in [-0.39, 0.29) is 10.8 Å². The van der Waals surface area contributed by atoms with Gasteiger partial charge in [-0.25, -0.2) is 19.9 Å². The summed E-state index contributed by atoms with van der Waals surface area (Å²) in [6.45, 7) is 11.1. The van der Waals surface area contributed by atoms with Crippen molar-refractivity contribution in [3.8, 4) is 22.5 Å². The lowest BCUT2D eigenvalue weighted by Crippen LogP contribution is -2.24. The molecule has 0 aliphatic rings. The SMILES string of the molecule is CC(C)(C)c1nc2ccc(CC(C)(C)c3nc4ccccc4nc3-c3ccc4sc5ccccc5c4c3)cc2nc1-c1cccc2c1oc1ccccc12. The zero-order valence-electron chi connectivity index (χ0n) is 30.9. The van der Waals surface area contributed by atoms with Crippen LogP contribution in [0.4, 0.5) is 0 Å². The first-order valence-corrected chi connectivity index (χ1v) is 19.3. The van der Waals surface area contributed by atoms with E-state index in [4.69, 9.17) is 24.4 Å². The van der Waals surface area contributed by atoms with Crippen LogP contribution in [0.1, 0.15) is 51.6 Å². The number of furan rings is 1. The van der Waals surface area contributed by atoms with Gasteiger partial charge >= 0.3 is 0 Å². The Labute approximate surface area is 317 Å². The van der Waals surface area contributed by atoms with Crippen molar-refractivity contribution in [3.63, 3.8) is 0 Å². The maximum absolute atomic E-state index is 6.49. The molecule has 54 heavy (non-hydrogen) atoms. The van der Waals surface area contributed by atoms with Crippen molar-refractivity contribution in [2.75, 3.05) is 0 Å². The Kier molecular flexibility index (Phi) is 7.27. The third-order valence-corrected chi connectivity index (χ3v) is 11.8. The van der Waals surface area contributed by atoms with Crippen molar-refractivity contribution < 1.29 is 4.42 Å². The minimum Gasteiger partial charge on any atom is -0.455 e. The Balaban J connectivity index is 1.10. The molecule has 6 heteroatoms. The first kappa shape index (κ1) is 32.7. The van der Waals surface area contributed by atoms with Crippen molar-refractivity contribution in [1.82, 2.24) is 19.9 Å². The van der Waals surface area contributed by atoms with Crippen LogP contribution in [0, 0.1) is 0 Å². The van der Waals surface area contributed by atoms with Crippen molar-refractivity contribution in [1.29, 1.82) is 0 Å². The lowest BCUT2D eigenvalue weighted by atomic mass is 9.80. The molecule has 0 aliphatic heterocycles. The summed E-state index contributed by atoms with van der Waals surface area (Å²) in [4.78, 5) is 21.3. The summed E-state index contributed by atoms with van der Waals surface area (Å²) in [6, 6.07) is 44.6. The number of para-hydroxylation sites is 4. The van der Waals surface area contributed by atoms with Crippen LogP contribution in [-0.2, 0) is 17.3 Å². The molecule has 0 saturated carbocycles. The van der Waals surface area contributed by atoms with Crippen molar-refractivity contribution in [2.45, 2.75) is 51.9 Å². The second-order valence-corrected chi connectivity index (χ2v) is 17.1. The molecule has 10 aromatic rings. The van der Waals surface area contributed by atoms with Crippen LogP contribution in [0.5, 0.6) is 0 Å². The third-order valence-electron chi connectivity index (χ3n) is 10.6. The molecule has 0 saturated heterocycles. The molecule has 4 aromatic heterocycles. The average molecular weight is 719 g/mol. The van der Waals surface area contributed by atoms with Crippen molar-refractivity contribution in [3.05, 3.63) is 144 Å². The first-order chi connectivity index (χ1) is 26.1. The van der Waals surface area contributed by atoms with Gasteiger partial charge in [-0.05, 0) is 66.6 Å². The van der Waals surface area contributed by atoms with Crippen LogP contribution in [0.15, 0.2) is 132 Å². The Morgan fingerprint density at radius 2 is 1.19 bits per heavy atom. The fourth-order valence-corrected chi connectivity index (χ4v) is 9.08. The lowest BCUT2D eigenvalue weighted by molar-refractivity contribution is 0.507. The number of nitrogens with zero attached hydrogens (tertiary/aromatic N) is 4. The van der Waals surface area contributed by atoms with Crippen LogP contribution in [-0.4, -0.2) is 19.9 Å². The van der Waals surface area contributed by atoms with E-state index in [1.165, 1.54) is 25.7 Å². The largest absolute Gasteiger partial charge is 0.455 e. The van der Waals surface area contributed by atoms with E-state index in [1.807, 2.05) is 35.6 Å². The molecular weight excluding hydrogens is 681 g/mol. The summed E-state index contributed by atoms with van der Waals surface area (Å²) in [5.41, 5.74) is 11.5. The standard InChI is InChI=1S/C48H38N4OS/c1-47(2,3)45-43(33-16-12-15-32-30-13-6-10-19-39(30)53-44(32)33)50-38-25-28(21-23-37(38)51-45)27-48(4,5)46-42(49-35-17-8-9-18-36(35)52-46)29-22-24-41-34(26-29)31-14-7-11-20-40(31)54-41/h6-26H,27H2,1-5H3. The molecule has 0 atom stereocenters. The van der Waals surface area contributed by atoms with Gasteiger partial charge in [0, 0.05) is 52.9 Å². The Morgan fingerprint density at radius 3 is 2.02 bits per heavy atom. The molecule has 0 fully saturated rings. The number of benzene rings is 6. The van der Waals surface area contributed by atoms with Gasteiger partial charge < -0.3 is 4.42 Å². The fourth-order valence-electron chi connectivity index (χ4n) is 7.99. The number of fused-ring (bicyclic) bond motifs is 8. The molecule has 10 rings (SSSR count). The van der Waals surface area contributed by atoms with Gasteiger partial charge in [0.1, 0.15) is 11.2 Å². The number of hydrogen-bond donors (Lipinski definition) is 0. The monoisotopic (exact) mass is 718 g/mol. The molecule has 0 bridgehead atoms. The van der Waals surface area contributed by atoms with E-state index in [9.17, 15) is 0 Å². The first-order valence-electron chi connectivity index (χ1n) is 18.5. The van der Waals surface area contributed by atoms with Crippen LogP contribution < -0.4 is 0 Å². The number of aromatic nitrogens is 4. The van der Waals surface area contributed by atoms with E-state index >= 15 is 0 Å². The molecule has 0 aliphatic carbocycles. The predicted octanol–water partition coefficient (Wildman–Crippen LogP) is 13.0. The number of rotatable bonds is 5. The van der Waals surface area contributed by atoms with Crippen molar-refractivity contribution in [2.24, 2.45) is 0 Å². The zero-order chi connectivity index (χ0) is 36.8. The number of hydrogen-bond acceptors (Lipinski definition) is 6. The van der Waals surface area contributed by atoms with Gasteiger partial charge in [0.05, 0.1) is 44.8 Å². The topological polar surface area (TPSA) is 64.7 Å². The maximum atomic E-state index is 6.49. The molecule has 0 spiro atoms. The van der Waals surface area contributed by atoms with Gasteiger partial charge in [0.15, 0.2) is 0 Å². The molecule has 0 amide bonds. The third kappa shape index (κ3) is 5.35. The summed E-state index contributed by atoms with van der Waals surface area (Å²) in [5.74, 6) is 0. The van der Waals surface area contributed by atoms with Crippen LogP contribution in [0.3, 0.4) is 0 Å². The van der Waals surface area contributed by atoms with Gasteiger partial charge in [0.2, 0.25) is 0 Å². The van der Waals surface area contributed by atoms with E-state index in [0.717, 1.165) is 84.3 Å². The van der Waals surface area contributed by atoms with Crippen LogP contribution in [0.2, 0.25) is 0 Å². The van der Waals surface area contributed by atoms with Crippen molar-refractivity contribution >= 4 is 75.5 Å². The minimum absolute atomic E-state index is 0.241. The second kappa shape index (κ2) is 12.0. The molecule has 0 unspecified atom stereocenters. The summed E-state index contributed by atoms with van der Waals surface area (Å²) in [7, 11) is 0. The van der Waals surface area contributed by atoms with Gasteiger partial charge in [-0.2, -0.15) is 0 Å². The second-order valence-electron chi connectivity index (χ2n) is 16.1. The fraction of sp³-hybridized carbons (Fsp3) is 0.167.